The molecule has 116 valence electrons. The Kier molecular flexibility index (Phi) is 5.38. The Balaban J connectivity index is 2.03. The van der Waals surface area contributed by atoms with Crippen LogP contribution in [0.3, 0.4) is 0 Å². The highest BCUT2D eigenvalue weighted by Gasteiger charge is 2.34. The van der Waals surface area contributed by atoms with Crippen molar-refractivity contribution in [2.45, 2.75) is 37.6 Å². The second-order valence-corrected chi connectivity index (χ2v) is 6.85. The SMILES string of the molecule is CN(C)C1(CNC(=O)c2ccc(Br)c(F)c2)CCCCC1. The van der Waals surface area contributed by atoms with Gasteiger partial charge in [-0.05, 0) is 61.1 Å². The van der Waals surface area contributed by atoms with E-state index in [1.165, 1.54) is 25.3 Å². The van der Waals surface area contributed by atoms with Crippen molar-refractivity contribution in [1.29, 1.82) is 0 Å². The van der Waals surface area contributed by atoms with Gasteiger partial charge in [-0.2, -0.15) is 0 Å². The van der Waals surface area contributed by atoms with Crippen molar-refractivity contribution >= 4 is 21.8 Å². The average molecular weight is 357 g/mol. The van der Waals surface area contributed by atoms with E-state index in [2.05, 4.69) is 40.2 Å². The summed E-state index contributed by atoms with van der Waals surface area (Å²) in [6.45, 7) is 0.608. The maximum absolute atomic E-state index is 13.5. The molecule has 1 aliphatic rings. The molecule has 0 atom stereocenters. The Morgan fingerprint density at radius 3 is 2.57 bits per heavy atom. The molecule has 0 saturated heterocycles. The van der Waals surface area contributed by atoms with Crippen LogP contribution in [0.1, 0.15) is 42.5 Å². The fourth-order valence-electron chi connectivity index (χ4n) is 2.98. The van der Waals surface area contributed by atoms with Crippen molar-refractivity contribution in [1.82, 2.24) is 10.2 Å². The predicted octanol–water partition coefficient (Wildman–Crippen LogP) is 3.58. The van der Waals surface area contributed by atoms with Gasteiger partial charge in [-0.25, -0.2) is 4.39 Å². The van der Waals surface area contributed by atoms with Crippen molar-refractivity contribution in [3.63, 3.8) is 0 Å². The minimum Gasteiger partial charge on any atom is -0.350 e. The van der Waals surface area contributed by atoms with Crippen LogP contribution < -0.4 is 5.32 Å². The molecule has 0 unspecified atom stereocenters. The molecule has 1 saturated carbocycles. The summed E-state index contributed by atoms with van der Waals surface area (Å²) in [6.07, 6.45) is 5.84. The van der Waals surface area contributed by atoms with Crippen LogP contribution >= 0.6 is 15.9 Å². The molecule has 3 nitrogen and oxygen atoms in total. The molecule has 0 spiro atoms. The zero-order valence-corrected chi connectivity index (χ0v) is 14.2. The number of nitrogens with zero attached hydrogens (tertiary/aromatic N) is 1. The van der Waals surface area contributed by atoms with Gasteiger partial charge >= 0.3 is 0 Å². The average Bonchev–Trinajstić information content (AvgIpc) is 2.48. The van der Waals surface area contributed by atoms with E-state index in [1.54, 1.807) is 12.1 Å². The van der Waals surface area contributed by atoms with E-state index in [9.17, 15) is 9.18 Å². The molecule has 2 rings (SSSR count). The first-order chi connectivity index (χ1) is 9.94. The molecule has 1 N–H and O–H groups in total. The second-order valence-electron chi connectivity index (χ2n) is 5.99. The lowest BCUT2D eigenvalue weighted by Crippen LogP contribution is -2.53. The van der Waals surface area contributed by atoms with Gasteiger partial charge in [0.15, 0.2) is 0 Å². The van der Waals surface area contributed by atoms with Crippen LogP contribution in [0.25, 0.3) is 0 Å². The Bertz CT molecular complexity index is 513. The third-order valence-electron chi connectivity index (χ3n) is 4.49. The molecule has 1 aromatic rings. The third-order valence-corrected chi connectivity index (χ3v) is 5.14. The first-order valence-electron chi connectivity index (χ1n) is 7.35. The summed E-state index contributed by atoms with van der Waals surface area (Å²) in [6, 6.07) is 4.46. The van der Waals surface area contributed by atoms with Crippen LogP contribution in [0.15, 0.2) is 22.7 Å². The van der Waals surface area contributed by atoms with E-state index in [0.29, 0.717) is 16.6 Å². The summed E-state index contributed by atoms with van der Waals surface area (Å²) in [4.78, 5) is 14.4. The smallest absolute Gasteiger partial charge is 0.251 e. The zero-order chi connectivity index (χ0) is 15.5. The Labute approximate surface area is 134 Å². The molecule has 0 radical (unpaired) electrons. The number of carbonyl (C=O) groups excluding carboxylic acids is 1. The molecule has 0 bridgehead atoms. The van der Waals surface area contributed by atoms with E-state index in [-0.39, 0.29) is 11.4 Å². The van der Waals surface area contributed by atoms with E-state index in [1.807, 2.05) is 0 Å². The van der Waals surface area contributed by atoms with Gasteiger partial charge in [0.05, 0.1) is 4.47 Å². The molecule has 1 aromatic carbocycles. The van der Waals surface area contributed by atoms with Crippen LogP contribution in [0, 0.1) is 5.82 Å². The highest BCUT2D eigenvalue weighted by Crippen LogP contribution is 2.31. The van der Waals surface area contributed by atoms with Crippen LogP contribution in [0.4, 0.5) is 4.39 Å². The van der Waals surface area contributed by atoms with Gasteiger partial charge < -0.3 is 10.2 Å². The van der Waals surface area contributed by atoms with E-state index >= 15 is 0 Å². The molecular weight excluding hydrogens is 335 g/mol. The van der Waals surface area contributed by atoms with Crippen molar-refractivity contribution in [3.05, 3.63) is 34.1 Å². The van der Waals surface area contributed by atoms with Crippen LogP contribution in [-0.2, 0) is 0 Å². The molecule has 1 fully saturated rings. The van der Waals surface area contributed by atoms with Crippen molar-refractivity contribution in [3.8, 4) is 0 Å². The number of hydrogen-bond donors (Lipinski definition) is 1. The van der Waals surface area contributed by atoms with E-state index < -0.39 is 5.82 Å². The molecule has 0 aliphatic heterocycles. The van der Waals surface area contributed by atoms with Crippen LogP contribution in [0.2, 0.25) is 0 Å². The van der Waals surface area contributed by atoms with Gasteiger partial charge in [0.1, 0.15) is 5.82 Å². The highest BCUT2D eigenvalue weighted by atomic mass is 79.9. The fourth-order valence-corrected chi connectivity index (χ4v) is 3.22. The maximum Gasteiger partial charge on any atom is 0.251 e. The van der Waals surface area contributed by atoms with Crippen LogP contribution in [0.5, 0.6) is 0 Å². The number of benzene rings is 1. The topological polar surface area (TPSA) is 32.3 Å². The van der Waals surface area contributed by atoms with Crippen molar-refractivity contribution in [2.75, 3.05) is 20.6 Å². The van der Waals surface area contributed by atoms with E-state index in [4.69, 9.17) is 0 Å². The number of rotatable bonds is 4. The molecule has 1 aliphatic carbocycles. The lowest BCUT2D eigenvalue weighted by Gasteiger charge is -2.43. The van der Waals surface area contributed by atoms with Crippen LogP contribution in [-0.4, -0.2) is 37.0 Å². The zero-order valence-electron chi connectivity index (χ0n) is 12.6. The maximum atomic E-state index is 13.5. The normalized spacial score (nSPS) is 17.8. The molecular formula is C16H22BrFN2O. The number of likely N-dealkylation sites (N-methyl/N-ethyl adjacent to an activating group) is 1. The van der Waals surface area contributed by atoms with Gasteiger partial charge in [-0.3, -0.25) is 4.79 Å². The third kappa shape index (κ3) is 3.83. The summed E-state index contributed by atoms with van der Waals surface area (Å²) in [5.41, 5.74) is 0.391. The number of carbonyl (C=O) groups is 1. The van der Waals surface area contributed by atoms with Gasteiger partial charge in [-0.1, -0.05) is 19.3 Å². The van der Waals surface area contributed by atoms with Gasteiger partial charge in [0, 0.05) is 17.6 Å². The molecule has 0 aromatic heterocycles. The van der Waals surface area contributed by atoms with Gasteiger partial charge in [0.2, 0.25) is 0 Å². The Hall–Kier alpha value is -0.940. The first kappa shape index (κ1) is 16.4. The second kappa shape index (κ2) is 6.88. The summed E-state index contributed by atoms with van der Waals surface area (Å²) in [7, 11) is 4.13. The minimum absolute atomic E-state index is 0.0296. The van der Waals surface area contributed by atoms with Gasteiger partial charge in [-0.15, -0.1) is 0 Å². The molecule has 21 heavy (non-hydrogen) atoms. The quantitative estimate of drug-likeness (QED) is 0.893. The predicted molar refractivity (Wildman–Crippen MR) is 85.9 cm³/mol. The van der Waals surface area contributed by atoms with Gasteiger partial charge in [0.25, 0.3) is 5.91 Å². The number of nitrogens with one attached hydrogen (secondary N) is 1. The number of amides is 1. The largest absolute Gasteiger partial charge is 0.350 e. The summed E-state index contributed by atoms with van der Waals surface area (Å²) in [5, 5.41) is 2.97. The Morgan fingerprint density at radius 1 is 1.33 bits per heavy atom. The fraction of sp³-hybridized carbons (Fsp3) is 0.562. The summed E-state index contributed by atoms with van der Waals surface area (Å²) in [5.74, 6) is -0.629. The number of halogens is 2. The first-order valence-corrected chi connectivity index (χ1v) is 8.15. The molecule has 0 heterocycles. The van der Waals surface area contributed by atoms with Crippen molar-refractivity contribution < 1.29 is 9.18 Å². The van der Waals surface area contributed by atoms with Crippen molar-refractivity contribution in [2.24, 2.45) is 0 Å². The molecule has 1 amide bonds. The lowest BCUT2D eigenvalue weighted by atomic mass is 9.80. The Morgan fingerprint density at radius 2 is 2.00 bits per heavy atom. The monoisotopic (exact) mass is 356 g/mol. The number of hydrogen-bond acceptors (Lipinski definition) is 2. The summed E-state index contributed by atoms with van der Waals surface area (Å²) < 4.78 is 13.9. The van der Waals surface area contributed by atoms with E-state index in [0.717, 1.165) is 12.8 Å². The molecule has 5 heteroatoms. The standard InChI is InChI=1S/C16H22BrFN2O/c1-20(2)16(8-4-3-5-9-16)11-19-15(21)12-6-7-13(17)14(18)10-12/h6-7,10H,3-5,8-9,11H2,1-2H3,(H,19,21). The summed E-state index contributed by atoms with van der Waals surface area (Å²) >= 11 is 3.09. The lowest BCUT2D eigenvalue weighted by molar-refractivity contribution is 0.0799. The highest BCUT2D eigenvalue weighted by molar-refractivity contribution is 9.10. The minimum atomic E-state index is -0.414.